The number of anilines is 1. The molecule has 1 saturated heterocycles. The lowest BCUT2D eigenvalue weighted by molar-refractivity contribution is 0.0391. The van der Waals surface area contributed by atoms with Gasteiger partial charge in [0.2, 0.25) is 0 Å². The largest absolute Gasteiger partial charge is 0.497 e. The van der Waals surface area contributed by atoms with Crippen molar-refractivity contribution in [2.24, 2.45) is 0 Å². The molecule has 33 heavy (non-hydrogen) atoms. The zero-order chi connectivity index (χ0) is 22.5. The van der Waals surface area contributed by atoms with Crippen molar-refractivity contribution in [2.45, 2.75) is 0 Å². The Labute approximate surface area is 203 Å². The first-order valence-electron chi connectivity index (χ1n) is 10.4. The summed E-state index contributed by atoms with van der Waals surface area (Å²) in [4.78, 5) is 22.5. The number of nitrogens with zero attached hydrogens (tertiary/aromatic N) is 3. The van der Waals surface area contributed by atoms with Crippen molar-refractivity contribution in [3.05, 3.63) is 42.0 Å². The summed E-state index contributed by atoms with van der Waals surface area (Å²) in [6.07, 6.45) is 0. The number of carbonyl (C=O) groups excluding carboxylic acids is 1. The second-order valence-corrected chi connectivity index (χ2v) is 8.29. The third-order valence-electron chi connectivity index (χ3n) is 5.44. The zero-order valence-corrected chi connectivity index (χ0v) is 20.5. The van der Waals surface area contributed by atoms with Gasteiger partial charge in [0, 0.05) is 32.2 Å². The van der Waals surface area contributed by atoms with Crippen molar-refractivity contribution in [3.63, 3.8) is 0 Å². The molecule has 1 amide bonds. The molecule has 4 rings (SSSR count). The monoisotopic (exact) mass is 493 g/mol. The van der Waals surface area contributed by atoms with Crippen molar-refractivity contribution >= 4 is 45.0 Å². The molecule has 0 spiro atoms. The van der Waals surface area contributed by atoms with E-state index in [0.29, 0.717) is 42.0 Å². The van der Waals surface area contributed by atoms with Crippen molar-refractivity contribution < 1.29 is 23.7 Å². The first-order valence-corrected chi connectivity index (χ1v) is 11.2. The Hall–Kier alpha value is -2.59. The summed E-state index contributed by atoms with van der Waals surface area (Å²) in [7, 11) is 4.72. The van der Waals surface area contributed by atoms with Crippen molar-refractivity contribution in [2.75, 3.05) is 65.6 Å². The van der Waals surface area contributed by atoms with Crippen LogP contribution in [0.15, 0.2) is 36.4 Å². The molecule has 178 valence electrons. The predicted molar refractivity (Wildman–Crippen MR) is 132 cm³/mol. The van der Waals surface area contributed by atoms with Gasteiger partial charge in [-0.3, -0.25) is 14.6 Å². The maximum Gasteiger partial charge on any atom is 0.264 e. The summed E-state index contributed by atoms with van der Waals surface area (Å²) in [6.45, 7) is 4.33. The highest BCUT2D eigenvalue weighted by Gasteiger charge is 2.26. The van der Waals surface area contributed by atoms with E-state index in [-0.39, 0.29) is 18.3 Å². The van der Waals surface area contributed by atoms with Gasteiger partial charge < -0.3 is 18.9 Å². The molecule has 0 atom stereocenters. The van der Waals surface area contributed by atoms with Gasteiger partial charge in [-0.15, -0.1) is 12.4 Å². The molecule has 1 aliphatic heterocycles. The smallest absolute Gasteiger partial charge is 0.264 e. The number of morpholine rings is 1. The van der Waals surface area contributed by atoms with Crippen LogP contribution in [0.1, 0.15) is 10.4 Å². The number of thiazole rings is 1. The van der Waals surface area contributed by atoms with Crippen LogP contribution in [-0.2, 0) is 4.74 Å². The molecule has 0 N–H and O–H groups in total. The van der Waals surface area contributed by atoms with E-state index in [1.807, 2.05) is 18.2 Å². The summed E-state index contributed by atoms with van der Waals surface area (Å²) < 4.78 is 22.7. The van der Waals surface area contributed by atoms with Crippen LogP contribution in [-0.4, -0.2) is 76.5 Å². The number of methoxy groups -OCH3 is 3. The average Bonchev–Trinajstić information content (AvgIpc) is 3.26. The maximum absolute atomic E-state index is 13.8. The molecule has 0 unspecified atom stereocenters. The third-order valence-corrected chi connectivity index (χ3v) is 6.50. The topological polar surface area (TPSA) is 73.4 Å². The van der Waals surface area contributed by atoms with E-state index in [1.165, 1.54) is 18.4 Å². The molecule has 0 saturated carbocycles. The van der Waals surface area contributed by atoms with Crippen LogP contribution in [0.2, 0.25) is 0 Å². The summed E-state index contributed by atoms with van der Waals surface area (Å²) >= 11 is 1.48. The molecule has 3 aromatic rings. The lowest BCUT2D eigenvalue weighted by Crippen LogP contribution is -2.43. The lowest BCUT2D eigenvalue weighted by Gasteiger charge is -2.29. The Morgan fingerprint density at radius 2 is 1.91 bits per heavy atom. The van der Waals surface area contributed by atoms with E-state index in [9.17, 15) is 4.79 Å². The number of benzene rings is 2. The number of halogens is 1. The molecule has 0 bridgehead atoms. The number of fused-ring (bicyclic) bond motifs is 1. The molecule has 0 radical (unpaired) electrons. The summed E-state index contributed by atoms with van der Waals surface area (Å²) in [5.41, 5.74) is 1.23. The molecule has 10 heteroatoms. The number of para-hydroxylation sites is 1. The highest BCUT2D eigenvalue weighted by Crippen LogP contribution is 2.35. The molecular formula is C23H28ClN3O5S. The van der Waals surface area contributed by atoms with Gasteiger partial charge >= 0.3 is 0 Å². The van der Waals surface area contributed by atoms with Gasteiger partial charge in [-0.25, -0.2) is 4.98 Å². The molecule has 2 aromatic carbocycles. The summed E-state index contributed by atoms with van der Waals surface area (Å²) in [5, 5.41) is 0.636. The number of carbonyl (C=O) groups is 1. The molecule has 1 aromatic heterocycles. The quantitative estimate of drug-likeness (QED) is 0.473. The van der Waals surface area contributed by atoms with Gasteiger partial charge in [-0.2, -0.15) is 0 Å². The number of aromatic nitrogens is 1. The minimum absolute atomic E-state index is 0. The Morgan fingerprint density at radius 1 is 1.12 bits per heavy atom. The van der Waals surface area contributed by atoms with Crippen LogP contribution in [0.4, 0.5) is 5.13 Å². The second-order valence-electron chi connectivity index (χ2n) is 7.28. The van der Waals surface area contributed by atoms with E-state index >= 15 is 0 Å². The number of hydrogen-bond acceptors (Lipinski definition) is 8. The van der Waals surface area contributed by atoms with E-state index < -0.39 is 0 Å². The SMILES string of the molecule is COc1ccc2sc(N(CCN3CCOCC3)C(=O)c3cccc(OC)c3OC)nc2c1.Cl. The highest BCUT2D eigenvalue weighted by molar-refractivity contribution is 7.22. The molecular weight excluding hydrogens is 466 g/mol. The van der Waals surface area contributed by atoms with E-state index in [0.717, 1.165) is 35.6 Å². The molecule has 1 fully saturated rings. The van der Waals surface area contributed by atoms with Gasteiger partial charge in [0.1, 0.15) is 5.75 Å². The van der Waals surface area contributed by atoms with Crippen molar-refractivity contribution in [1.82, 2.24) is 9.88 Å². The van der Waals surface area contributed by atoms with Crippen LogP contribution in [0.3, 0.4) is 0 Å². The van der Waals surface area contributed by atoms with Gasteiger partial charge in [-0.1, -0.05) is 17.4 Å². The van der Waals surface area contributed by atoms with E-state index in [4.69, 9.17) is 23.9 Å². The maximum atomic E-state index is 13.8. The second kappa shape index (κ2) is 11.5. The van der Waals surface area contributed by atoms with Crippen LogP contribution in [0.5, 0.6) is 17.2 Å². The Kier molecular flexibility index (Phi) is 8.74. The lowest BCUT2D eigenvalue weighted by atomic mass is 10.1. The van der Waals surface area contributed by atoms with Gasteiger partial charge in [0.15, 0.2) is 16.6 Å². The molecule has 2 heterocycles. The first kappa shape index (κ1) is 25.0. The van der Waals surface area contributed by atoms with Crippen LogP contribution in [0.25, 0.3) is 10.2 Å². The van der Waals surface area contributed by atoms with Crippen molar-refractivity contribution in [1.29, 1.82) is 0 Å². The zero-order valence-electron chi connectivity index (χ0n) is 18.9. The van der Waals surface area contributed by atoms with Gasteiger partial charge in [-0.05, 0) is 24.3 Å². The predicted octanol–water partition coefficient (Wildman–Crippen LogP) is 3.72. The fourth-order valence-electron chi connectivity index (χ4n) is 3.69. The Morgan fingerprint density at radius 3 is 2.61 bits per heavy atom. The van der Waals surface area contributed by atoms with E-state index in [1.54, 1.807) is 37.3 Å². The third kappa shape index (κ3) is 5.50. The fraction of sp³-hybridized carbons (Fsp3) is 0.391. The Balaban J connectivity index is 0.00000306. The number of rotatable bonds is 8. The minimum Gasteiger partial charge on any atom is -0.497 e. The first-order chi connectivity index (χ1) is 15.6. The van der Waals surface area contributed by atoms with Crippen LogP contribution >= 0.6 is 23.7 Å². The van der Waals surface area contributed by atoms with Crippen molar-refractivity contribution in [3.8, 4) is 17.2 Å². The normalized spacial score (nSPS) is 13.9. The summed E-state index contributed by atoms with van der Waals surface area (Å²) in [5.74, 6) is 1.48. The van der Waals surface area contributed by atoms with Crippen LogP contribution in [0, 0.1) is 0 Å². The fourth-order valence-corrected chi connectivity index (χ4v) is 4.66. The number of amides is 1. The molecule has 1 aliphatic rings. The minimum atomic E-state index is -0.181. The number of hydrogen-bond donors (Lipinski definition) is 0. The number of ether oxygens (including phenoxy) is 4. The molecule has 0 aliphatic carbocycles. The van der Waals surface area contributed by atoms with E-state index in [2.05, 4.69) is 4.90 Å². The molecule has 8 nitrogen and oxygen atoms in total. The highest BCUT2D eigenvalue weighted by atomic mass is 35.5. The van der Waals surface area contributed by atoms with Gasteiger partial charge in [0.25, 0.3) is 5.91 Å². The van der Waals surface area contributed by atoms with Gasteiger partial charge in [0.05, 0.1) is 50.3 Å². The van der Waals surface area contributed by atoms with Crippen LogP contribution < -0.4 is 19.1 Å². The summed E-state index contributed by atoms with van der Waals surface area (Å²) in [6, 6.07) is 11.1. The standard InChI is InChI=1S/C23H27N3O5S.ClH/c1-28-16-7-8-20-18(15-16)24-23(32-20)26(10-9-25-11-13-31-14-12-25)22(27)17-5-4-6-19(29-2)21(17)30-3;/h4-8,15H,9-14H2,1-3H3;1H. The average molecular weight is 494 g/mol. The Bertz CT molecular complexity index is 1090.